The first kappa shape index (κ1) is 9.64. The summed E-state index contributed by atoms with van der Waals surface area (Å²) in [6.45, 7) is 1.86. The molecule has 0 saturated carbocycles. The molecule has 12 heavy (non-hydrogen) atoms. The molecular formula is C8H10BrFN2. The molecule has 0 aliphatic heterocycles. The minimum atomic E-state index is -0.263. The Morgan fingerprint density at radius 1 is 1.50 bits per heavy atom. The molecule has 0 saturated heterocycles. The summed E-state index contributed by atoms with van der Waals surface area (Å²) in [5, 5.41) is 0. The maximum absolute atomic E-state index is 12.8. The lowest BCUT2D eigenvalue weighted by Gasteiger charge is -2.10. The topological polar surface area (TPSA) is 38.0 Å². The second-order valence-corrected chi connectivity index (χ2v) is 3.51. The zero-order valence-corrected chi connectivity index (χ0v) is 8.23. The monoisotopic (exact) mass is 232 g/mol. The smallest absolute Gasteiger partial charge is 0.124 e. The van der Waals surface area contributed by atoms with Crippen LogP contribution in [0.1, 0.15) is 18.5 Å². The van der Waals surface area contributed by atoms with E-state index in [1.807, 2.05) is 13.0 Å². The molecule has 4 heteroatoms. The van der Waals surface area contributed by atoms with E-state index in [1.54, 1.807) is 0 Å². The average molecular weight is 233 g/mol. The highest BCUT2D eigenvalue weighted by Crippen LogP contribution is 2.19. The van der Waals surface area contributed by atoms with Gasteiger partial charge in [-0.25, -0.2) is 4.39 Å². The van der Waals surface area contributed by atoms with Gasteiger partial charge in [-0.1, -0.05) is 15.9 Å². The van der Waals surface area contributed by atoms with Gasteiger partial charge in [0, 0.05) is 10.5 Å². The Hall–Kier alpha value is -0.450. The van der Waals surface area contributed by atoms with Crippen molar-refractivity contribution in [3.63, 3.8) is 0 Å². The number of hydrazine groups is 1. The second-order valence-electron chi connectivity index (χ2n) is 2.59. The number of nitrogens with one attached hydrogen (secondary N) is 1. The predicted molar refractivity (Wildman–Crippen MR) is 49.8 cm³/mol. The number of halogens is 2. The fraction of sp³-hybridized carbons (Fsp3) is 0.250. The Bertz CT molecular complexity index is 258. The van der Waals surface area contributed by atoms with Crippen molar-refractivity contribution in [2.24, 2.45) is 5.84 Å². The molecule has 0 heterocycles. The number of hydrogen-bond donors (Lipinski definition) is 2. The number of rotatable bonds is 2. The lowest BCUT2D eigenvalue weighted by molar-refractivity contribution is 0.585. The summed E-state index contributed by atoms with van der Waals surface area (Å²) in [5.74, 6) is 4.95. The summed E-state index contributed by atoms with van der Waals surface area (Å²) < 4.78 is 13.5. The molecule has 0 spiro atoms. The number of nitrogens with two attached hydrogens (primary N) is 1. The zero-order valence-electron chi connectivity index (χ0n) is 6.64. The molecule has 0 amide bonds. The minimum Gasteiger partial charge on any atom is -0.271 e. The van der Waals surface area contributed by atoms with Crippen LogP contribution in [0.3, 0.4) is 0 Å². The van der Waals surface area contributed by atoms with Crippen LogP contribution < -0.4 is 11.3 Å². The van der Waals surface area contributed by atoms with Crippen LogP contribution in [0.25, 0.3) is 0 Å². The molecule has 0 aromatic heterocycles. The third-order valence-corrected chi connectivity index (χ3v) is 2.09. The minimum absolute atomic E-state index is 0.0444. The van der Waals surface area contributed by atoms with Gasteiger partial charge in [-0.05, 0) is 30.7 Å². The molecule has 1 aromatic carbocycles. The van der Waals surface area contributed by atoms with Gasteiger partial charge in [0.25, 0.3) is 0 Å². The van der Waals surface area contributed by atoms with E-state index in [0.29, 0.717) is 0 Å². The van der Waals surface area contributed by atoms with E-state index >= 15 is 0 Å². The van der Waals surface area contributed by atoms with Crippen molar-refractivity contribution in [1.82, 2.24) is 5.43 Å². The van der Waals surface area contributed by atoms with Gasteiger partial charge in [-0.3, -0.25) is 11.3 Å². The lowest BCUT2D eigenvalue weighted by atomic mass is 10.1. The van der Waals surface area contributed by atoms with Crippen molar-refractivity contribution in [3.8, 4) is 0 Å². The van der Waals surface area contributed by atoms with E-state index in [1.165, 1.54) is 12.1 Å². The lowest BCUT2D eigenvalue weighted by Crippen LogP contribution is -2.25. The van der Waals surface area contributed by atoms with Gasteiger partial charge in [0.15, 0.2) is 0 Å². The fourth-order valence-corrected chi connectivity index (χ4v) is 1.40. The van der Waals surface area contributed by atoms with Crippen LogP contribution in [0.5, 0.6) is 0 Å². The first-order valence-corrected chi connectivity index (χ1v) is 4.35. The Morgan fingerprint density at radius 3 is 2.67 bits per heavy atom. The Labute approximate surface area is 79.1 Å². The van der Waals surface area contributed by atoms with Crippen molar-refractivity contribution in [1.29, 1.82) is 0 Å². The molecular weight excluding hydrogens is 223 g/mol. The standard InChI is InChI=1S/C8H10BrFN2/c1-5(12-11)6-2-7(9)4-8(10)3-6/h2-5,12H,11H2,1H3. The van der Waals surface area contributed by atoms with Gasteiger partial charge < -0.3 is 0 Å². The second kappa shape index (κ2) is 3.98. The van der Waals surface area contributed by atoms with E-state index in [-0.39, 0.29) is 11.9 Å². The molecule has 66 valence electrons. The number of hydrogen-bond acceptors (Lipinski definition) is 2. The summed E-state index contributed by atoms with van der Waals surface area (Å²) in [6, 6.07) is 4.65. The van der Waals surface area contributed by atoms with Gasteiger partial charge >= 0.3 is 0 Å². The summed E-state index contributed by atoms with van der Waals surface area (Å²) in [6.07, 6.45) is 0. The van der Waals surface area contributed by atoms with Crippen molar-refractivity contribution in [2.75, 3.05) is 0 Å². The van der Waals surface area contributed by atoms with Gasteiger partial charge in [0.2, 0.25) is 0 Å². The molecule has 0 aliphatic rings. The van der Waals surface area contributed by atoms with E-state index in [2.05, 4.69) is 21.4 Å². The Morgan fingerprint density at radius 2 is 2.17 bits per heavy atom. The maximum atomic E-state index is 12.8. The summed E-state index contributed by atoms with van der Waals surface area (Å²) in [7, 11) is 0. The van der Waals surface area contributed by atoms with Crippen LogP contribution in [-0.4, -0.2) is 0 Å². The third-order valence-electron chi connectivity index (χ3n) is 1.63. The van der Waals surface area contributed by atoms with Crippen LogP contribution in [0, 0.1) is 5.82 Å². The zero-order chi connectivity index (χ0) is 9.14. The highest BCUT2D eigenvalue weighted by Gasteiger charge is 2.04. The van der Waals surface area contributed by atoms with E-state index in [0.717, 1.165) is 10.0 Å². The maximum Gasteiger partial charge on any atom is 0.124 e. The molecule has 1 atom stereocenters. The van der Waals surface area contributed by atoms with Crippen molar-refractivity contribution >= 4 is 15.9 Å². The SMILES string of the molecule is CC(NN)c1cc(F)cc(Br)c1. The fourth-order valence-electron chi connectivity index (χ4n) is 0.921. The van der Waals surface area contributed by atoms with Crippen molar-refractivity contribution in [2.45, 2.75) is 13.0 Å². The third kappa shape index (κ3) is 2.27. The molecule has 2 nitrogen and oxygen atoms in total. The molecule has 0 bridgehead atoms. The van der Waals surface area contributed by atoms with Crippen molar-refractivity contribution < 1.29 is 4.39 Å². The van der Waals surface area contributed by atoms with Gasteiger partial charge in [0.1, 0.15) is 5.82 Å². The van der Waals surface area contributed by atoms with Crippen LogP contribution >= 0.6 is 15.9 Å². The predicted octanol–water partition coefficient (Wildman–Crippen LogP) is 2.11. The summed E-state index contributed by atoms with van der Waals surface area (Å²) in [4.78, 5) is 0. The normalized spacial score (nSPS) is 13.0. The molecule has 1 aromatic rings. The molecule has 0 aliphatic carbocycles. The molecule has 3 N–H and O–H groups in total. The first-order valence-electron chi connectivity index (χ1n) is 3.55. The van der Waals surface area contributed by atoms with E-state index in [4.69, 9.17) is 5.84 Å². The molecule has 0 radical (unpaired) electrons. The largest absolute Gasteiger partial charge is 0.271 e. The van der Waals surface area contributed by atoms with E-state index < -0.39 is 0 Å². The molecule has 0 fully saturated rings. The summed E-state index contributed by atoms with van der Waals surface area (Å²) >= 11 is 3.20. The molecule has 1 unspecified atom stereocenters. The van der Waals surface area contributed by atoms with E-state index in [9.17, 15) is 4.39 Å². The Balaban J connectivity index is 3.00. The highest BCUT2D eigenvalue weighted by molar-refractivity contribution is 9.10. The first-order chi connectivity index (χ1) is 5.63. The Kier molecular flexibility index (Phi) is 3.20. The number of benzene rings is 1. The van der Waals surface area contributed by atoms with Crippen LogP contribution in [-0.2, 0) is 0 Å². The van der Waals surface area contributed by atoms with Gasteiger partial charge in [-0.2, -0.15) is 0 Å². The highest BCUT2D eigenvalue weighted by atomic mass is 79.9. The van der Waals surface area contributed by atoms with Crippen LogP contribution in [0.15, 0.2) is 22.7 Å². The van der Waals surface area contributed by atoms with Gasteiger partial charge in [0.05, 0.1) is 0 Å². The van der Waals surface area contributed by atoms with Crippen LogP contribution in [0.2, 0.25) is 0 Å². The average Bonchev–Trinajstić information content (AvgIpc) is 2.01. The summed E-state index contributed by atoms with van der Waals surface area (Å²) in [5.41, 5.74) is 3.37. The van der Waals surface area contributed by atoms with Gasteiger partial charge in [-0.15, -0.1) is 0 Å². The quantitative estimate of drug-likeness (QED) is 0.606. The molecule has 1 rings (SSSR count). The van der Waals surface area contributed by atoms with Crippen LogP contribution in [0.4, 0.5) is 4.39 Å². The van der Waals surface area contributed by atoms with Crippen molar-refractivity contribution in [3.05, 3.63) is 34.1 Å².